The van der Waals surface area contributed by atoms with Crippen LogP contribution in [0.1, 0.15) is 11.1 Å². The van der Waals surface area contributed by atoms with Crippen LogP contribution >= 0.6 is 0 Å². The van der Waals surface area contributed by atoms with Crippen molar-refractivity contribution in [3.8, 4) is 0 Å². The van der Waals surface area contributed by atoms with E-state index in [1.165, 1.54) is 11.0 Å². The number of hydrogen-bond donors (Lipinski definition) is 1. The first kappa shape index (κ1) is 18.5. The Balaban J connectivity index is 0.00000361. The predicted octanol–water partition coefficient (Wildman–Crippen LogP) is 2.94. The number of carbonyl (C=O) groups is 2. The molecule has 0 atom stereocenters. The van der Waals surface area contributed by atoms with Crippen LogP contribution in [0.5, 0.6) is 0 Å². The van der Waals surface area contributed by atoms with Gasteiger partial charge in [-0.2, -0.15) is 0 Å². The van der Waals surface area contributed by atoms with Crippen molar-refractivity contribution in [1.82, 2.24) is 4.90 Å². The van der Waals surface area contributed by atoms with E-state index in [2.05, 4.69) is 0 Å². The molecule has 0 aromatic heterocycles. The summed E-state index contributed by atoms with van der Waals surface area (Å²) in [6.07, 6.45) is 5.92. The quantitative estimate of drug-likeness (QED) is 0.656. The average Bonchev–Trinajstić information content (AvgIpc) is 2.36. The number of benzene rings is 1. The molecule has 2 N–H and O–H groups in total. The van der Waals surface area contributed by atoms with E-state index in [0.717, 1.165) is 17.2 Å². The summed E-state index contributed by atoms with van der Waals surface area (Å²) in [6.45, 7) is 0.394. The second-order valence-electron chi connectivity index (χ2n) is 3.96. The molecule has 0 saturated heterocycles. The van der Waals surface area contributed by atoms with Crippen molar-refractivity contribution in [3.63, 3.8) is 0 Å². The first-order chi connectivity index (χ1) is 8.99. The van der Waals surface area contributed by atoms with Crippen molar-refractivity contribution in [2.75, 3.05) is 7.05 Å². The predicted molar refractivity (Wildman–Crippen MR) is 73.4 cm³/mol. The van der Waals surface area contributed by atoms with E-state index in [1.807, 2.05) is 24.3 Å². The van der Waals surface area contributed by atoms with Gasteiger partial charge < -0.3 is 15.7 Å². The van der Waals surface area contributed by atoms with E-state index < -0.39 is 12.0 Å². The van der Waals surface area contributed by atoms with Crippen molar-refractivity contribution in [3.05, 3.63) is 59.4 Å². The molecule has 0 bridgehead atoms. The van der Waals surface area contributed by atoms with E-state index in [0.29, 0.717) is 6.54 Å². The smallest absolute Gasteiger partial charge is 0.478 e. The number of urea groups is 1. The van der Waals surface area contributed by atoms with Gasteiger partial charge in [-0.1, -0.05) is 49.5 Å². The maximum atomic E-state index is 10.8. The first-order valence-corrected chi connectivity index (χ1v) is 5.62. The standard InChI is InChI=1S/C14H16N2O3.Y/c1-16(14(15)19)10-12-8-6-11(7-9-12)4-2-3-5-13(17)18;/h2-9H,10H2,1H3,(H3,15,17,18,19);/q;+3/p-1/b4-2+,5-3+;. The molecule has 0 aliphatic heterocycles. The summed E-state index contributed by atoms with van der Waals surface area (Å²) in [4.78, 5) is 22.3. The second-order valence-corrected chi connectivity index (χ2v) is 3.96. The average molecular weight is 348 g/mol. The Morgan fingerprint density at radius 1 is 1.25 bits per heavy atom. The van der Waals surface area contributed by atoms with Crippen LogP contribution in [0.15, 0.2) is 42.5 Å². The monoisotopic (exact) mass is 348 g/mol. The van der Waals surface area contributed by atoms with Crippen molar-refractivity contribution < 1.29 is 47.4 Å². The third-order valence-electron chi connectivity index (χ3n) is 2.38. The van der Waals surface area contributed by atoms with E-state index in [1.54, 1.807) is 19.2 Å². The zero-order valence-electron chi connectivity index (χ0n) is 11.1. The molecule has 0 heterocycles. The summed E-state index contributed by atoms with van der Waals surface area (Å²) < 4.78 is 0. The summed E-state index contributed by atoms with van der Waals surface area (Å²) in [5.41, 5.74) is 8.80. The van der Waals surface area contributed by atoms with Gasteiger partial charge in [-0.3, -0.25) is 4.79 Å². The van der Waals surface area contributed by atoms with Gasteiger partial charge in [-0.25, -0.2) is 4.79 Å². The minimum atomic E-state index is -0.983. The molecule has 1 aromatic carbocycles. The zero-order valence-corrected chi connectivity index (χ0v) is 14.0. The molecule has 20 heavy (non-hydrogen) atoms. The van der Waals surface area contributed by atoms with Crippen LogP contribution in [0.4, 0.5) is 4.79 Å². The van der Waals surface area contributed by atoms with Gasteiger partial charge in [-0.05, 0) is 17.7 Å². The third-order valence-corrected chi connectivity index (χ3v) is 2.38. The normalized spacial score (nSPS) is 10.4. The minimum Gasteiger partial charge on any atom is -0.478 e. The molecule has 1 aromatic rings. The molecule has 0 fully saturated rings. The molecular formula is C14H15N2O3Y+2. The number of allylic oxidation sites excluding steroid dienone is 2. The van der Waals surface area contributed by atoms with Gasteiger partial charge >= 0.3 is 38.7 Å². The molecule has 5 nitrogen and oxygen atoms in total. The maximum Gasteiger partial charge on any atom is 3.00 e. The van der Waals surface area contributed by atoms with Crippen LogP contribution in [-0.2, 0) is 44.0 Å². The number of carboxylic acid groups (broad SMARTS) is 1. The van der Waals surface area contributed by atoms with Gasteiger partial charge in [-0.15, -0.1) is 0 Å². The molecule has 0 radical (unpaired) electrons. The van der Waals surface area contributed by atoms with Crippen LogP contribution < -0.4 is 0 Å². The SMILES string of the molecule is CN(Cc1ccc(/C=C/C=C/C(=O)O)cc1)C([NH-])=O.[Y+3]. The van der Waals surface area contributed by atoms with Gasteiger partial charge in [0.25, 0.3) is 0 Å². The number of nitrogens with zero attached hydrogens (tertiary/aromatic N) is 1. The van der Waals surface area contributed by atoms with Crippen LogP contribution in [0.3, 0.4) is 0 Å². The zero-order chi connectivity index (χ0) is 14.3. The Kier molecular flexibility index (Phi) is 8.76. The summed E-state index contributed by atoms with van der Waals surface area (Å²) in [5.74, 6) is -0.983. The fourth-order valence-electron chi connectivity index (χ4n) is 1.38. The van der Waals surface area contributed by atoms with Crippen LogP contribution in [0.2, 0.25) is 0 Å². The van der Waals surface area contributed by atoms with Crippen molar-refractivity contribution in [2.45, 2.75) is 6.54 Å². The number of carbonyl (C=O) groups excluding carboxylic acids is 1. The van der Waals surface area contributed by atoms with Crippen LogP contribution in [0.25, 0.3) is 11.8 Å². The first-order valence-electron chi connectivity index (χ1n) is 5.62. The fourth-order valence-corrected chi connectivity index (χ4v) is 1.38. The summed E-state index contributed by atoms with van der Waals surface area (Å²) in [6, 6.07) is 6.73. The topological polar surface area (TPSA) is 81.4 Å². The molecule has 2 amide bonds. The summed E-state index contributed by atoms with van der Waals surface area (Å²) in [7, 11) is 1.57. The number of rotatable bonds is 5. The number of carboxylic acids is 1. The number of aliphatic carboxylic acids is 1. The molecule has 0 aliphatic carbocycles. The van der Waals surface area contributed by atoms with E-state index in [4.69, 9.17) is 10.8 Å². The van der Waals surface area contributed by atoms with E-state index in [-0.39, 0.29) is 32.7 Å². The summed E-state index contributed by atoms with van der Waals surface area (Å²) in [5, 5.41) is 8.41. The van der Waals surface area contributed by atoms with Gasteiger partial charge in [0.05, 0.1) is 0 Å². The molecule has 0 unspecified atom stereocenters. The van der Waals surface area contributed by atoms with Crippen molar-refractivity contribution in [1.29, 1.82) is 0 Å². The van der Waals surface area contributed by atoms with Crippen LogP contribution in [-0.4, -0.2) is 29.1 Å². The molecule has 0 aliphatic rings. The number of amides is 2. The van der Waals surface area contributed by atoms with Gasteiger partial charge in [0.15, 0.2) is 6.03 Å². The molecular weight excluding hydrogens is 333 g/mol. The Morgan fingerprint density at radius 2 is 1.85 bits per heavy atom. The van der Waals surface area contributed by atoms with Crippen molar-refractivity contribution >= 4 is 18.1 Å². The number of hydrogen-bond acceptors (Lipinski definition) is 2. The van der Waals surface area contributed by atoms with Gasteiger partial charge in [0, 0.05) is 6.08 Å². The van der Waals surface area contributed by atoms with Gasteiger partial charge in [0.1, 0.15) is 0 Å². The third kappa shape index (κ3) is 7.21. The minimum absolute atomic E-state index is 0. The number of nitrogens with one attached hydrogen (secondary N) is 1. The Bertz CT molecular complexity index is 510. The molecule has 100 valence electrons. The molecule has 0 spiro atoms. The fraction of sp³-hybridized carbons (Fsp3) is 0.143. The maximum absolute atomic E-state index is 10.8. The van der Waals surface area contributed by atoms with E-state index >= 15 is 0 Å². The van der Waals surface area contributed by atoms with Crippen LogP contribution in [0, 0.1) is 0 Å². The molecule has 0 saturated carbocycles. The Labute approximate surface area is 143 Å². The van der Waals surface area contributed by atoms with Gasteiger partial charge in [0.2, 0.25) is 0 Å². The summed E-state index contributed by atoms with van der Waals surface area (Å²) >= 11 is 0. The van der Waals surface area contributed by atoms with E-state index in [9.17, 15) is 9.59 Å². The largest absolute Gasteiger partial charge is 3.00 e. The van der Waals surface area contributed by atoms with Crippen molar-refractivity contribution in [2.24, 2.45) is 0 Å². The Hall–Kier alpha value is -1.46. The Morgan fingerprint density at radius 3 is 2.35 bits per heavy atom. The molecule has 6 heteroatoms. The second kappa shape index (κ2) is 9.45. The molecule has 1 rings (SSSR count).